The predicted molar refractivity (Wildman–Crippen MR) is 144 cm³/mol. The van der Waals surface area contributed by atoms with E-state index in [1.807, 2.05) is 37.3 Å². The highest BCUT2D eigenvalue weighted by atomic mass is 16.6. The van der Waals surface area contributed by atoms with Crippen LogP contribution in [-0.4, -0.2) is 5.97 Å². The summed E-state index contributed by atoms with van der Waals surface area (Å²) in [6.07, 6.45) is 7.83. The lowest BCUT2D eigenvalue weighted by atomic mass is 9.85. The number of aryl methyl sites for hydroxylation is 1. The lowest BCUT2D eigenvalue weighted by molar-refractivity contribution is -0.0118. The lowest BCUT2D eigenvalue weighted by Gasteiger charge is -2.27. The number of esters is 1. The summed E-state index contributed by atoms with van der Waals surface area (Å²) in [5, 5.41) is 0. The molecule has 2 N–H and O–H groups in total. The van der Waals surface area contributed by atoms with E-state index < -0.39 is 5.60 Å². The molecule has 0 saturated carbocycles. The van der Waals surface area contributed by atoms with Crippen LogP contribution in [-0.2, 0) is 10.3 Å². The van der Waals surface area contributed by atoms with Crippen molar-refractivity contribution in [1.82, 2.24) is 0 Å². The summed E-state index contributed by atoms with van der Waals surface area (Å²) in [7, 11) is 0. The van der Waals surface area contributed by atoms with Crippen LogP contribution in [0.4, 0.5) is 0 Å². The highest BCUT2D eigenvalue weighted by molar-refractivity contribution is 5.94. The number of rotatable bonds is 8. The number of hydrogen-bond acceptors (Lipinski definition) is 3. The van der Waals surface area contributed by atoms with Crippen molar-refractivity contribution in [1.29, 1.82) is 0 Å². The second-order valence-electron chi connectivity index (χ2n) is 9.39. The van der Waals surface area contributed by atoms with Crippen LogP contribution < -0.4 is 5.73 Å². The van der Waals surface area contributed by atoms with E-state index in [2.05, 4.69) is 71.5 Å². The van der Waals surface area contributed by atoms with Crippen LogP contribution in [0.3, 0.4) is 0 Å². The third kappa shape index (κ3) is 6.72. The molecule has 0 bridgehead atoms. The van der Waals surface area contributed by atoms with Crippen molar-refractivity contribution in [3.63, 3.8) is 0 Å². The lowest BCUT2D eigenvalue weighted by Crippen LogP contribution is -2.25. The smallest absolute Gasteiger partial charge is 0.339 e. The highest BCUT2D eigenvalue weighted by Crippen LogP contribution is 2.43. The van der Waals surface area contributed by atoms with Gasteiger partial charge >= 0.3 is 5.97 Å². The summed E-state index contributed by atoms with van der Waals surface area (Å²) in [6.45, 7) is 16.6. The number of benzene rings is 2. The Morgan fingerprint density at radius 2 is 1.82 bits per heavy atom. The monoisotopic (exact) mass is 459 g/mol. The van der Waals surface area contributed by atoms with Gasteiger partial charge in [-0.1, -0.05) is 101 Å². The molecule has 2 aromatic carbocycles. The molecule has 0 fully saturated rings. The third-order valence-electron chi connectivity index (χ3n) is 6.22. The van der Waals surface area contributed by atoms with Crippen molar-refractivity contribution < 1.29 is 9.53 Å². The van der Waals surface area contributed by atoms with Gasteiger partial charge in [0.25, 0.3) is 0 Å². The first-order chi connectivity index (χ1) is 16.1. The van der Waals surface area contributed by atoms with Gasteiger partial charge in [0.2, 0.25) is 0 Å². The number of cyclic esters (lactones) is 1. The van der Waals surface area contributed by atoms with Gasteiger partial charge in [-0.25, -0.2) is 4.79 Å². The van der Waals surface area contributed by atoms with Gasteiger partial charge in [-0.15, -0.1) is 0 Å². The Labute approximate surface area is 206 Å². The van der Waals surface area contributed by atoms with Gasteiger partial charge < -0.3 is 10.5 Å². The molecule has 1 unspecified atom stereocenters. The molecule has 3 rings (SSSR count). The fourth-order valence-electron chi connectivity index (χ4n) is 4.37. The minimum atomic E-state index is -0.556. The average molecular weight is 460 g/mol. The van der Waals surface area contributed by atoms with E-state index in [9.17, 15) is 4.79 Å². The van der Waals surface area contributed by atoms with Crippen LogP contribution in [0.5, 0.6) is 0 Å². The Hall–Kier alpha value is -3.07. The maximum absolute atomic E-state index is 12.0. The first-order valence-electron chi connectivity index (χ1n) is 12.4. The van der Waals surface area contributed by atoms with Crippen molar-refractivity contribution in [2.75, 3.05) is 0 Å². The number of nitrogens with two attached hydrogens (primary N) is 1. The number of fused-ring (bicyclic) bond motifs is 1. The van der Waals surface area contributed by atoms with Crippen molar-refractivity contribution in [3.05, 3.63) is 101 Å². The summed E-state index contributed by atoms with van der Waals surface area (Å²) < 4.78 is 5.74. The second kappa shape index (κ2) is 12.4. The van der Waals surface area contributed by atoms with Crippen LogP contribution in [0.25, 0.3) is 5.57 Å². The van der Waals surface area contributed by atoms with Crippen molar-refractivity contribution in [2.24, 2.45) is 11.7 Å². The highest BCUT2D eigenvalue weighted by Gasteiger charge is 2.43. The molecule has 0 aliphatic carbocycles. The quantitative estimate of drug-likeness (QED) is 0.320. The summed E-state index contributed by atoms with van der Waals surface area (Å²) in [4.78, 5) is 12.0. The molecule has 1 aliphatic rings. The zero-order valence-corrected chi connectivity index (χ0v) is 21.8. The summed E-state index contributed by atoms with van der Waals surface area (Å²) in [6, 6.07) is 16.4. The van der Waals surface area contributed by atoms with Gasteiger partial charge in [-0.05, 0) is 55.4 Å². The van der Waals surface area contributed by atoms with E-state index in [0.29, 0.717) is 23.6 Å². The molecule has 2 aromatic rings. The van der Waals surface area contributed by atoms with Gasteiger partial charge in [0.15, 0.2) is 0 Å². The van der Waals surface area contributed by atoms with Crippen LogP contribution >= 0.6 is 0 Å². The molecular formula is C31H41NO2. The standard InChI is InChI=1S/C17H21NO2.C14H20/c1-4-10-17(11-9-12(2)13(3)18)15-8-6-5-7-14(15)16(19)20-17;1-5-7-14(11(2)3)13-9-6-8-12(4)10-13/h5-9H,3-4,10-11,18H2,1-2H3;6-11H,5H2,1-4H3/b12-9+;14-7-. The molecule has 1 aliphatic heterocycles. The predicted octanol–water partition coefficient (Wildman–Crippen LogP) is 8.11. The van der Waals surface area contributed by atoms with Gasteiger partial charge in [0, 0.05) is 17.7 Å². The largest absolute Gasteiger partial charge is 0.450 e. The Morgan fingerprint density at radius 3 is 2.41 bits per heavy atom. The maximum atomic E-state index is 12.0. The Bertz CT molecular complexity index is 1060. The van der Waals surface area contributed by atoms with E-state index in [0.717, 1.165) is 30.4 Å². The minimum absolute atomic E-state index is 0.230. The fourth-order valence-corrected chi connectivity index (χ4v) is 4.37. The molecule has 0 saturated heterocycles. The Morgan fingerprint density at radius 1 is 1.12 bits per heavy atom. The number of ether oxygens (including phenoxy) is 1. The van der Waals surface area contributed by atoms with Gasteiger partial charge in [-0.3, -0.25) is 0 Å². The number of carbonyl (C=O) groups is 1. The van der Waals surface area contributed by atoms with E-state index in [4.69, 9.17) is 10.5 Å². The topological polar surface area (TPSA) is 52.3 Å². The first-order valence-corrected chi connectivity index (χ1v) is 12.4. The molecule has 34 heavy (non-hydrogen) atoms. The second-order valence-corrected chi connectivity index (χ2v) is 9.39. The molecule has 3 nitrogen and oxygen atoms in total. The molecule has 3 heteroatoms. The molecule has 1 atom stereocenters. The van der Waals surface area contributed by atoms with E-state index in [1.54, 1.807) is 0 Å². The molecular weight excluding hydrogens is 418 g/mol. The fraction of sp³-hybridized carbons (Fsp3) is 0.387. The molecule has 182 valence electrons. The first kappa shape index (κ1) is 27.2. The Balaban J connectivity index is 0.000000257. The zero-order valence-electron chi connectivity index (χ0n) is 21.8. The van der Waals surface area contributed by atoms with Crippen LogP contribution in [0.1, 0.15) is 87.4 Å². The van der Waals surface area contributed by atoms with Gasteiger partial charge in [0.05, 0.1) is 5.56 Å². The Kier molecular flexibility index (Phi) is 9.92. The molecule has 0 radical (unpaired) electrons. The van der Waals surface area contributed by atoms with Crippen molar-refractivity contribution >= 4 is 11.5 Å². The van der Waals surface area contributed by atoms with Crippen molar-refractivity contribution in [3.8, 4) is 0 Å². The number of hydrogen-bond donors (Lipinski definition) is 1. The SMILES string of the molecule is C=C(N)/C(C)=C/CC1(CCC)OC(=O)c2ccccc21.CC/C=C(\c1cccc(C)c1)C(C)C. The molecule has 0 amide bonds. The average Bonchev–Trinajstić information content (AvgIpc) is 3.08. The van der Waals surface area contributed by atoms with Crippen LogP contribution in [0.15, 0.2) is 78.5 Å². The minimum Gasteiger partial charge on any atom is -0.450 e. The third-order valence-corrected chi connectivity index (χ3v) is 6.22. The number of carbonyl (C=O) groups excluding carboxylic acids is 1. The normalized spacial score (nSPS) is 17.7. The van der Waals surface area contributed by atoms with E-state index in [1.165, 1.54) is 16.7 Å². The molecule has 1 heterocycles. The number of allylic oxidation sites excluding steroid dienone is 3. The zero-order chi connectivity index (χ0) is 25.3. The maximum Gasteiger partial charge on any atom is 0.339 e. The summed E-state index contributed by atoms with van der Waals surface area (Å²) in [5.74, 6) is 0.378. The van der Waals surface area contributed by atoms with Crippen molar-refractivity contribution in [2.45, 2.75) is 72.8 Å². The van der Waals surface area contributed by atoms with Crippen LogP contribution in [0.2, 0.25) is 0 Å². The molecule has 0 aromatic heterocycles. The van der Waals surface area contributed by atoms with E-state index in [-0.39, 0.29) is 5.97 Å². The van der Waals surface area contributed by atoms with Crippen LogP contribution in [0, 0.1) is 12.8 Å². The molecule has 0 spiro atoms. The summed E-state index contributed by atoms with van der Waals surface area (Å²) in [5.41, 5.74) is 12.5. The summed E-state index contributed by atoms with van der Waals surface area (Å²) >= 11 is 0. The van der Waals surface area contributed by atoms with E-state index >= 15 is 0 Å². The van der Waals surface area contributed by atoms with Gasteiger partial charge in [-0.2, -0.15) is 0 Å². The van der Waals surface area contributed by atoms with Gasteiger partial charge in [0.1, 0.15) is 5.60 Å².